The second-order valence-electron chi connectivity index (χ2n) is 5.67. The Morgan fingerprint density at radius 3 is 2.54 bits per heavy atom. The Labute approximate surface area is 137 Å². The van der Waals surface area contributed by atoms with Crippen molar-refractivity contribution in [2.45, 2.75) is 22.8 Å². The molecule has 7 heteroatoms. The minimum Gasteiger partial charge on any atom is -0.459 e. The first-order chi connectivity index (χ1) is 11.5. The molecular formula is C17H13F2NO3S. The molecule has 0 unspecified atom stereocenters. The molecule has 1 N–H and O–H groups in total. The molecule has 0 saturated heterocycles. The van der Waals surface area contributed by atoms with Crippen molar-refractivity contribution >= 4 is 20.8 Å². The van der Waals surface area contributed by atoms with Crippen LogP contribution in [-0.2, 0) is 22.8 Å². The lowest BCUT2D eigenvalue weighted by Gasteiger charge is -2.11. The number of hydrogen-bond acceptors (Lipinski definition) is 4. The van der Waals surface area contributed by atoms with E-state index in [0.717, 1.165) is 41.8 Å². The van der Waals surface area contributed by atoms with Gasteiger partial charge in [0.05, 0.1) is 16.3 Å². The van der Waals surface area contributed by atoms with Crippen molar-refractivity contribution in [1.29, 1.82) is 0 Å². The molecule has 2 aromatic carbocycles. The van der Waals surface area contributed by atoms with E-state index in [1.807, 2.05) is 0 Å². The highest BCUT2D eigenvalue weighted by molar-refractivity contribution is 7.91. The molecule has 0 spiro atoms. The van der Waals surface area contributed by atoms with Crippen LogP contribution in [0, 0.1) is 11.6 Å². The summed E-state index contributed by atoms with van der Waals surface area (Å²) in [6.07, 6.45) is 0.747. The molecule has 24 heavy (non-hydrogen) atoms. The van der Waals surface area contributed by atoms with E-state index in [-0.39, 0.29) is 9.79 Å². The summed E-state index contributed by atoms with van der Waals surface area (Å²) >= 11 is 0. The normalized spacial score (nSPS) is 14.8. The van der Waals surface area contributed by atoms with E-state index in [2.05, 4.69) is 5.32 Å². The quantitative estimate of drug-likeness (QED) is 0.722. The smallest absolute Gasteiger partial charge is 0.206 e. The van der Waals surface area contributed by atoms with Gasteiger partial charge in [0, 0.05) is 10.9 Å². The Hall–Kier alpha value is -2.25. The lowest BCUT2D eigenvalue weighted by Crippen LogP contribution is -2.22. The second kappa shape index (κ2) is 5.39. The van der Waals surface area contributed by atoms with E-state index in [9.17, 15) is 17.2 Å². The molecule has 1 aliphatic rings. The van der Waals surface area contributed by atoms with Crippen LogP contribution in [0.2, 0.25) is 0 Å². The van der Waals surface area contributed by atoms with Gasteiger partial charge in [-0.1, -0.05) is 0 Å². The minimum atomic E-state index is -3.94. The molecule has 4 rings (SSSR count). The van der Waals surface area contributed by atoms with Gasteiger partial charge in [0.15, 0.2) is 11.6 Å². The largest absolute Gasteiger partial charge is 0.459 e. The van der Waals surface area contributed by atoms with Crippen LogP contribution < -0.4 is 5.32 Å². The van der Waals surface area contributed by atoms with Gasteiger partial charge >= 0.3 is 0 Å². The van der Waals surface area contributed by atoms with Crippen molar-refractivity contribution in [2.24, 2.45) is 0 Å². The van der Waals surface area contributed by atoms with E-state index < -0.39 is 21.5 Å². The van der Waals surface area contributed by atoms with E-state index in [4.69, 9.17) is 4.42 Å². The lowest BCUT2D eigenvalue weighted by molar-refractivity contribution is 0.488. The van der Waals surface area contributed by atoms with Crippen LogP contribution in [0.5, 0.6) is 0 Å². The third-order valence-electron chi connectivity index (χ3n) is 4.19. The summed E-state index contributed by atoms with van der Waals surface area (Å²) in [4.78, 5) is -0.247. The molecule has 1 aliphatic heterocycles. The van der Waals surface area contributed by atoms with Crippen LogP contribution >= 0.6 is 0 Å². The Bertz CT molecular complexity index is 1060. The number of rotatable bonds is 2. The van der Waals surface area contributed by atoms with Gasteiger partial charge in [0.2, 0.25) is 9.84 Å². The predicted molar refractivity (Wildman–Crippen MR) is 83.4 cm³/mol. The average Bonchev–Trinajstić information content (AvgIpc) is 2.95. The van der Waals surface area contributed by atoms with Crippen molar-refractivity contribution < 1.29 is 21.6 Å². The molecule has 0 atom stereocenters. The van der Waals surface area contributed by atoms with Crippen molar-refractivity contribution in [1.82, 2.24) is 5.32 Å². The highest BCUT2D eigenvalue weighted by Crippen LogP contribution is 2.32. The Balaban J connectivity index is 1.87. The van der Waals surface area contributed by atoms with Crippen LogP contribution in [0.15, 0.2) is 50.6 Å². The zero-order valence-corrected chi connectivity index (χ0v) is 13.3. The number of benzene rings is 2. The fourth-order valence-corrected chi connectivity index (χ4v) is 4.26. The molecule has 3 aromatic rings. The fourth-order valence-electron chi connectivity index (χ4n) is 2.96. The summed E-state index contributed by atoms with van der Waals surface area (Å²) < 4.78 is 57.6. The summed E-state index contributed by atoms with van der Waals surface area (Å²) in [5.41, 5.74) is 1.61. The van der Waals surface area contributed by atoms with Gasteiger partial charge in [-0.15, -0.1) is 0 Å². The topological polar surface area (TPSA) is 59.3 Å². The average molecular weight is 349 g/mol. The SMILES string of the molecule is O=S(=O)(c1ccc(F)c(F)c1)c1ccc2oc3c(c2c1)CCNC3. The maximum absolute atomic E-state index is 13.4. The third-order valence-corrected chi connectivity index (χ3v) is 5.94. The van der Waals surface area contributed by atoms with Crippen LogP contribution in [0.3, 0.4) is 0 Å². The summed E-state index contributed by atoms with van der Waals surface area (Å²) in [5, 5.41) is 3.94. The summed E-state index contributed by atoms with van der Waals surface area (Å²) in [5.74, 6) is -1.47. The Morgan fingerprint density at radius 1 is 1.00 bits per heavy atom. The fraction of sp³-hybridized carbons (Fsp3) is 0.176. The van der Waals surface area contributed by atoms with Gasteiger partial charge in [-0.3, -0.25) is 0 Å². The van der Waals surface area contributed by atoms with Crippen LogP contribution in [0.25, 0.3) is 11.0 Å². The molecule has 4 nitrogen and oxygen atoms in total. The first-order valence-electron chi connectivity index (χ1n) is 7.42. The third kappa shape index (κ3) is 2.32. The van der Waals surface area contributed by atoms with Gasteiger partial charge in [0.1, 0.15) is 11.3 Å². The molecule has 0 fully saturated rings. The van der Waals surface area contributed by atoms with Gasteiger partial charge in [-0.05, 0) is 49.4 Å². The number of halogens is 2. The van der Waals surface area contributed by atoms with Crippen molar-refractivity contribution in [3.63, 3.8) is 0 Å². The Morgan fingerprint density at radius 2 is 1.75 bits per heavy atom. The molecule has 1 aromatic heterocycles. The van der Waals surface area contributed by atoms with E-state index in [1.54, 1.807) is 12.1 Å². The minimum absolute atomic E-state index is 0.0307. The maximum Gasteiger partial charge on any atom is 0.206 e. The summed E-state index contributed by atoms with van der Waals surface area (Å²) in [7, 11) is -3.94. The molecular weight excluding hydrogens is 336 g/mol. The van der Waals surface area contributed by atoms with Gasteiger partial charge in [-0.2, -0.15) is 0 Å². The maximum atomic E-state index is 13.4. The van der Waals surface area contributed by atoms with E-state index in [1.165, 1.54) is 6.07 Å². The van der Waals surface area contributed by atoms with Crippen LogP contribution in [-0.4, -0.2) is 15.0 Å². The molecule has 124 valence electrons. The number of sulfone groups is 1. The number of furan rings is 1. The van der Waals surface area contributed by atoms with Crippen LogP contribution in [0.1, 0.15) is 11.3 Å². The highest BCUT2D eigenvalue weighted by atomic mass is 32.2. The molecule has 2 heterocycles. The molecule has 0 aliphatic carbocycles. The first-order valence-corrected chi connectivity index (χ1v) is 8.90. The van der Waals surface area contributed by atoms with Gasteiger partial charge in [-0.25, -0.2) is 17.2 Å². The molecule has 0 saturated carbocycles. The van der Waals surface area contributed by atoms with Gasteiger partial charge in [0.25, 0.3) is 0 Å². The monoisotopic (exact) mass is 349 g/mol. The zero-order valence-electron chi connectivity index (χ0n) is 12.5. The molecule has 0 radical (unpaired) electrons. The number of fused-ring (bicyclic) bond motifs is 3. The zero-order chi connectivity index (χ0) is 16.9. The van der Waals surface area contributed by atoms with Crippen molar-refractivity contribution in [2.75, 3.05) is 6.54 Å². The van der Waals surface area contributed by atoms with E-state index in [0.29, 0.717) is 18.2 Å². The highest BCUT2D eigenvalue weighted by Gasteiger charge is 2.23. The van der Waals surface area contributed by atoms with Crippen LogP contribution in [0.4, 0.5) is 8.78 Å². The van der Waals surface area contributed by atoms with Gasteiger partial charge < -0.3 is 9.73 Å². The lowest BCUT2D eigenvalue weighted by atomic mass is 10.1. The second-order valence-corrected chi connectivity index (χ2v) is 7.62. The first kappa shape index (κ1) is 15.3. The summed E-state index contributed by atoms with van der Waals surface area (Å²) in [6, 6.07) is 7.13. The van der Waals surface area contributed by atoms with E-state index >= 15 is 0 Å². The molecule has 0 bridgehead atoms. The Kier molecular flexibility index (Phi) is 3.43. The number of hydrogen-bond donors (Lipinski definition) is 1. The summed E-state index contributed by atoms with van der Waals surface area (Å²) in [6.45, 7) is 1.40. The molecule has 0 amide bonds. The predicted octanol–water partition coefficient (Wildman–Crippen LogP) is 3.19. The standard InChI is InChI=1S/C17H13F2NO3S/c18-14-3-1-11(8-15(14)19)24(21,22)10-2-4-16-13(7-10)12-5-6-20-9-17(12)23-16/h1-4,7-8,20H,5-6,9H2. The number of nitrogens with one attached hydrogen (secondary N) is 1. The van der Waals surface area contributed by atoms with Crippen molar-refractivity contribution in [3.8, 4) is 0 Å². The van der Waals surface area contributed by atoms with Crippen molar-refractivity contribution in [3.05, 3.63) is 59.4 Å².